The third-order valence-electron chi connectivity index (χ3n) is 10.3. The Balaban J connectivity index is 1.48. The minimum Gasteiger partial charge on any atom is -0.378 e. The van der Waals surface area contributed by atoms with Crippen molar-refractivity contribution in [2.45, 2.75) is 105 Å². The van der Waals surface area contributed by atoms with Gasteiger partial charge in [0.1, 0.15) is 0 Å². The molecular formula is C27H46O. The van der Waals surface area contributed by atoms with E-state index in [0.717, 1.165) is 30.3 Å². The third-order valence-corrected chi connectivity index (χ3v) is 10.3. The van der Waals surface area contributed by atoms with Crippen LogP contribution in [0.1, 0.15) is 99.3 Å². The van der Waals surface area contributed by atoms with E-state index in [-0.39, 0.29) is 0 Å². The van der Waals surface area contributed by atoms with Crippen molar-refractivity contribution >= 4 is 0 Å². The number of hydrogen-bond donors (Lipinski definition) is 0. The molecule has 3 fully saturated rings. The molecular weight excluding hydrogens is 340 g/mol. The first-order valence-corrected chi connectivity index (χ1v) is 12.6. The zero-order valence-corrected chi connectivity index (χ0v) is 19.6. The fourth-order valence-electron chi connectivity index (χ4n) is 8.29. The lowest BCUT2D eigenvalue weighted by Crippen LogP contribution is -2.50. The quantitative estimate of drug-likeness (QED) is 0.441. The van der Waals surface area contributed by atoms with Gasteiger partial charge >= 0.3 is 0 Å². The molecule has 0 saturated heterocycles. The molecule has 8 unspecified atom stereocenters. The zero-order chi connectivity index (χ0) is 20.1. The molecule has 8 atom stereocenters. The van der Waals surface area contributed by atoms with Gasteiger partial charge in [-0.05, 0) is 105 Å². The number of ether oxygens (including phenoxy) is 1. The van der Waals surface area contributed by atoms with Crippen LogP contribution in [0.5, 0.6) is 0 Å². The smallest absolute Gasteiger partial charge is 0.0570 e. The monoisotopic (exact) mass is 386 g/mol. The summed E-state index contributed by atoms with van der Waals surface area (Å²) >= 11 is 0. The molecule has 160 valence electrons. The van der Waals surface area contributed by atoms with Gasteiger partial charge < -0.3 is 4.74 Å². The van der Waals surface area contributed by atoms with E-state index >= 15 is 0 Å². The van der Waals surface area contributed by atoms with Crippen LogP contribution >= 0.6 is 0 Å². The van der Waals surface area contributed by atoms with Crippen LogP contribution in [0.2, 0.25) is 0 Å². The first kappa shape index (κ1) is 21.0. The predicted molar refractivity (Wildman–Crippen MR) is 119 cm³/mol. The minimum absolute atomic E-state index is 0.386. The number of rotatable bonds is 5. The molecule has 28 heavy (non-hydrogen) atoms. The van der Waals surface area contributed by atoms with Crippen molar-refractivity contribution in [3.63, 3.8) is 0 Å². The topological polar surface area (TPSA) is 9.23 Å². The van der Waals surface area contributed by atoms with Crippen molar-refractivity contribution in [3.05, 3.63) is 11.6 Å². The second-order valence-corrected chi connectivity index (χ2v) is 12.0. The van der Waals surface area contributed by atoms with Gasteiger partial charge in [0.25, 0.3) is 0 Å². The van der Waals surface area contributed by atoms with Gasteiger partial charge in [0.05, 0.1) is 6.10 Å². The summed E-state index contributed by atoms with van der Waals surface area (Å²) < 4.78 is 6.29. The second kappa shape index (κ2) is 7.75. The van der Waals surface area contributed by atoms with Crippen molar-refractivity contribution < 1.29 is 4.74 Å². The van der Waals surface area contributed by atoms with E-state index in [1.165, 1.54) is 57.8 Å². The average molecular weight is 387 g/mol. The zero-order valence-electron chi connectivity index (χ0n) is 19.6. The van der Waals surface area contributed by atoms with E-state index in [1.54, 1.807) is 0 Å². The highest BCUT2D eigenvalue weighted by molar-refractivity contribution is 5.24. The Labute approximate surface area is 175 Å². The third kappa shape index (κ3) is 3.32. The summed E-state index contributed by atoms with van der Waals surface area (Å²) in [5, 5.41) is 0. The van der Waals surface area contributed by atoms with E-state index in [0.29, 0.717) is 28.8 Å². The highest BCUT2D eigenvalue weighted by Crippen LogP contribution is 2.67. The molecule has 0 radical (unpaired) electrons. The fourth-order valence-corrected chi connectivity index (χ4v) is 8.29. The van der Waals surface area contributed by atoms with E-state index in [1.807, 2.05) is 5.57 Å². The molecule has 1 nitrogen and oxygen atoms in total. The SMILES string of the molecule is CC(C)C(C)OCC(C)C1CCC2C3CC=C4CCCCC4(C)C3CCC12C. The maximum atomic E-state index is 6.29. The Morgan fingerprint density at radius 3 is 2.54 bits per heavy atom. The van der Waals surface area contributed by atoms with Crippen molar-refractivity contribution in [1.82, 2.24) is 0 Å². The van der Waals surface area contributed by atoms with E-state index in [4.69, 9.17) is 4.74 Å². The minimum atomic E-state index is 0.386. The van der Waals surface area contributed by atoms with Gasteiger partial charge in [0, 0.05) is 6.61 Å². The molecule has 0 N–H and O–H groups in total. The van der Waals surface area contributed by atoms with Crippen molar-refractivity contribution in [2.75, 3.05) is 6.61 Å². The molecule has 0 bridgehead atoms. The standard InChI is InChI=1S/C27H46O/c1-18(2)20(4)28-17-19(3)23-12-13-24-22-11-10-21-9-7-8-15-26(21,5)25(22)14-16-27(23,24)6/h10,18-20,22-25H,7-9,11-17H2,1-6H3. The Hall–Kier alpha value is -0.300. The molecule has 0 aromatic carbocycles. The van der Waals surface area contributed by atoms with Crippen LogP contribution in [-0.2, 0) is 4.74 Å². The molecule has 0 amide bonds. The molecule has 4 aliphatic rings. The average Bonchev–Trinajstić information content (AvgIpc) is 3.02. The summed E-state index contributed by atoms with van der Waals surface area (Å²) in [7, 11) is 0. The van der Waals surface area contributed by atoms with Gasteiger partial charge in [-0.3, -0.25) is 0 Å². The lowest BCUT2D eigenvalue weighted by molar-refractivity contribution is -0.0640. The van der Waals surface area contributed by atoms with Gasteiger partial charge in [0.15, 0.2) is 0 Å². The van der Waals surface area contributed by atoms with Gasteiger partial charge in [0.2, 0.25) is 0 Å². The first-order chi connectivity index (χ1) is 13.3. The van der Waals surface area contributed by atoms with Crippen molar-refractivity contribution in [1.29, 1.82) is 0 Å². The summed E-state index contributed by atoms with van der Waals surface area (Å²) in [6, 6.07) is 0. The molecule has 0 aromatic heterocycles. The Bertz CT molecular complexity index is 591. The van der Waals surface area contributed by atoms with Crippen LogP contribution in [0.15, 0.2) is 11.6 Å². The summed E-state index contributed by atoms with van der Waals surface area (Å²) in [5.41, 5.74) is 2.95. The number of allylic oxidation sites excluding steroid dienone is 2. The van der Waals surface area contributed by atoms with Gasteiger partial charge in [-0.1, -0.05) is 52.7 Å². The van der Waals surface area contributed by atoms with Crippen LogP contribution in [-0.4, -0.2) is 12.7 Å². The first-order valence-electron chi connectivity index (χ1n) is 12.6. The van der Waals surface area contributed by atoms with Crippen LogP contribution in [0.25, 0.3) is 0 Å². The molecule has 0 heterocycles. The lowest BCUT2D eigenvalue weighted by Gasteiger charge is -2.58. The molecule has 0 aromatic rings. The molecule has 0 spiro atoms. The molecule has 1 heteroatoms. The summed E-state index contributed by atoms with van der Waals surface area (Å²) in [6.45, 7) is 15.6. The van der Waals surface area contributed by atoms with Gasteiger partial charge in [-0.2, -0.15) is 0 Å². The predicted octanol–water partition coefficient (Wildman–Crippen LogP) is 7.65. The summed E-state index contributed by atoms with van der Waals surface area (Å²) in [4.78, 5) is 0. The number of fused-ring (bicyclic) bond motifs is 5. The maximum absolute atomic E-state index is 6.29. The van der Waals surface area contributed by atoms with Gasteiger partial charge in [-0.25, -0.2) is 0 Å². The van der Waals surface area contributed by atoms with E-state index in [9.17, 15) is 0 Å². The molecule has 4 aliphatic carbocycles. The van der Waals surface area contributed by atoms with E-state index < -0.39 is 0 Å². The van der Waals surface area contributed by atoms with Crippen molar-refractivity contribution in [2.24, 2.45) is 46.3 Å². The Morgan fingerprint density at radius 2 is 1.79 bits per heavy atom. The molecule has 4 rings (SSSR count). The van der Waals surface area contributed by atoms with E-state index in [2.05, 4.69) is 47.6 Å². The lowest BCUT2D eigenvalue weighted by atomic mass is 9.47. The Kier molecular flexibility index (Phi) is 5.80. The largest absolute Gasteiger partial charge is 0.378 e. The fraction of sp³-hybridized carbons (Fsp3) is 0.926. The highest BCUT2D eigenvalue weighted by atomic mass is 16.5. The maximum Gasteiger partial charge on any atom is 0.0570 e. The molecule has 3 saturated carbocycles. The van der Waals surface area contributed by atoms with Crippen molar-refractivity contribution in [3.8, 4) is 0 Å². The van der Waals surface area contributed by atoms with Crippen LogP contribution < -0.4 is 0 Å². The van der Waals surface area contributed by atoms with Crippen LogP contribution in [0.3, 0.4) is 0 Å². The number of hydrogen-bond acceptors (Lipinski definition) is 1. The normalized spacial score (nSPS) is 45.0. The highest BCUT2D eigenvalue weighted by Gasteiger charge is 2.58. The van der Waals surface area contributed by atoms with Crippen LogP contribution in [0.4, 0.5) is 0 Å². The molecule has 0 aliphatic heterocycles. The van der Waals surface area contributed by atoms with Gasteiger partial charge in [-0.15, -0.1) is 0 Å². The summed E-state index contributed by atoms with van der Waals surface area (Å²) in [5.74, 6) is 5.07. The Morgan fingerprint density at radius 1 is 1.00 bits per heavy atom. The summed E-state index contributed by atoms with van der Waals surface area (Å²) in [6.07, 6.45) is 16.1. The second-order valence-electron chi connectivity index (χ2n) is 12.0. The van der Waals surface area contributed by atoms with Crippen LogP contribution in [0, 0.1) is 46.3 Å².